The average Bonchev–Trinajstić information content (AvgIpc) is 3.40. The van der Waals surface area contributed by atoms with Gasteiger partial charge in [-0.1, -0.05) is 30.3 Å². The van der Waals surface area contributed by atoms with Crippen LogP contribution in [-0.2, 0) is 13.6 Å². The van der Waals surface area contributed by atoms with Crippen LogP contribution in [0.5, 0.6) is 0 Å². The highest BCUT2D eigenvalue weighted by Gasteiger charge is 2.31. The van der Waals surface area contributed by atoms with Crippen molar-refractivity contribution in [2.45, 2.75) is 44.3 Å². The number of nitrogens with one attached hydrogen (secondary N) is 2. The first-order valence-electron chi connectivity index (χ1n) is 13.0. The fourth-order valence-corrected chi connectivity index (χ4v) is 5.03. The van der Waals surface area contributed by atoms with Gasteiger partial charge in [0.15, 0.2) is 0 Å². The molecule has 1 aliphatic carbocycles. The summed E-state index contributed by atoms with van der Waals surface area (Å²) in [5.74, 6) is 0.326. The average molecular weight is 524 g/mol. The minimum Gasteiger partial charge on any atom is -0.367 e. The number of aryl methyl sites for hydroxylation is 1. The number of benzene rings is 2. The third-order valence-electron chi connectivity index (χ3n) is 7.06. The Hall–Kier alpha value is -4.71. The van der Waals surface area contributed by atoms with Crippen LogP contribution in [0.3, 0.4) is 0 Å². The Labute approximate surface area is 227 Å². The van der Waals surface area contributed by atoms with Crippen molar-refractivity contribution in [2.75, 3.05) is 10.2 Å². The van der Waals surface area contributed by atoms with Gasteiger partial charge in [-0.3, -0.25) is 9.58 Å². The number of pyridine rings is 1. The van der Waals surface area contributed by atoms with Gasteiger partial charge in [-0.05, 0) is 61.6 Å². The Balaban J connectivity index is 1.32. The third-order valence-corrected chi connectivity index (χ3v) is 7.06. The van der Waals surface area contributed by atoms with E-state index in [1.165, 1.54) is 6.07 Å². The molecule has 4 aromatic rings. The molecule has 0 bridgehead atoms. The van der Waals surface area contributed by atoms with E-state index in [1.54, 1.807) is 59.5 Å². The lowest BCUT2D eigenvalue weighted by molar-refractivity contribution is 0.240. The number of hydrogen-bond donors (Lipinski definition) is 2. The zero-order valence-electron chi connectivity index (χ0n) is 21.7. The standard InChI is InChI=1S/C30H30FN7O/c1-37-20-23(19-35-37)27-13-12-26(15-28(27)31)38(30(39)34-17-21-5-3-2-4-6-21)25-10-8-24(9-11-25)36-29-14-7-22(16-32)18-33-29/h2-7,12-15,18-20,24-25H,8-11,17H2,1H3,(H,33,36)(H,34,39)/t24-,25-. The number of amides is 2. The number of halogens is 1. The molecule has 8 nitrogen and oxygen atoms in total. The van der Waals surface area contributed by atoms with Gasteiger partial charge in [0.05, 0.1) is 11.8 Å². The fraction of sp³-hybridized carbons (Fsp3) is 0.267. The van der Waals surface area contributed by atoms with Crippen molar-refractivity contribution in [1.29, 1.82) is 5.26 Å². The summed E-state index contributed by atoms with van der Waals surface area (Å²) in [5, 5.41) is 19.6. The highest BCUT2D eigenvalue weighted by molar-refractivity contribution is 5.93. The molecule has 0 radical (unpaired) electrons. The van der Waals surface area contributed by atoms with Crippen molar-refractivity contribution in [3.8, 4) is 17.2 Å². The van der Waals surface area contributed by atoms with E-state index in [4.69, 9.17) is 5.26 Å². The van der Waals surface area contributed by atoms with Crippen LogP contribution >= 0.6 is 0 Å². The Morgan fingerprint density at radius 1 is 1.10 bits per heavy atom. The van der Waals surface area contributed by atoms with Crippen LogP contribution in [0.15, 0.2) is 79.3 Å². The van der Waals surface area contributed by atoms with Gasteiger partial charge in [0.25, 0.3) is 0 Å². The van der Waals surface area contributed by atoms with Crippen LogP contribution in [0.4, 0.5) is 20.7 Å². The van der Waals surface area contributed by atoms with Gasteiger partial charge in [0.2, 0.25) is 0 Å². The minimum absolute atomic E-state index is 0.0867. The first-order valence-corrected chi connectivity index (χ1v) is 13.0. The number of carbonyl (C=O) groups is 1. The van der Waals surface area contributed by atoms with Crippen LogP contribution < -0.4 is 15.5 Å². The Morgan fingerprint density at radius 3 is 2.54 bits per heavy atom. The fourth-order valence-electron chi connectivity index (χ4n) is 5.03. The minimum atomic E-state index is -0.399. The Kier molecular flexibility index (Phi) is 7.83. The third kappa shape index (κ3) is 6.24. The molecular formula is C30H30FN7O. The number of nitrogens with zero attached hydrogens (tertiary/aromatic N) is 5. The first kappa shape index (κ1) is 25.9. The van der Waals surface area contributed by atoms with Crippen molar-refractivity contribution in [3.63, 3.8) is 0 Å². The lowest BCUT2D eigenvalue weighted by atomic mass is 9.89. The summed E-state index contributed by atoms with van der Waals surface area (Å²) < 4.78 is 16.9. The second-order valence-electron chi connectivity index (χ2n) is 9.77. The van der Waals surface area contributed by atoms with Gasteiger partial charge in [-0.25, -0.2) is 14.2 Å². The zero-order valence-corrected chi connectivity index (χ0v) is 21.7. The second-order valence-corrected chi connectivity index (χ2v) is 9.77. The molecule has 2 N–H and O–H groups in total. The number of urea groups is 1. The summed E-state index contributed by atoms with van der Waals surface area (Å²) in [6.45, 7) is 0.383. The van der Waals surface area contributed by atoms with Crippen LogP contribution in [0.2, 0.25) is 0 Å². The monoisotopic (exact) mass is 523 g/mol. The molecule has 198 valence electrons. The van der Waals surface area contributed by atoms with Crippen LogP contribution in [-0.4, -0.2) is 32.9 Å². The predicted octanol–water partition coefficient (Wildman–Crippen LogP) is 5.63. The van der Waals surface area contributed by atoms with Gasteiger partial charge in [0, 0.05) is 54.9 Å². The molecule has 0 spiro atoms. The molecule has 2 amide bonds. The van der Waals surface area contributed by atoms with Gasteiger partial charge >= 0.3 is 6.03 Å². The van der Waals surface area contributed by atoms with Crippen LogP contribution in [0.25, 0.3) is 11.1 Å². The second kappa shape index (κ2) is 11.8. The lowest BCUT2D eigenvalue weighted by Gasteiger charge is -2.37. The molecule has 0 saturated heterocycles. The zero-order chi connectivity index (χ0) is 27.2. The molecule has 5 rings (SSSR count). The van der Waals surface area contributed by atoms with Gasteiger partial charge in [-0.15, -0.1) is 0 Å². The van der Waals surface area contributed by atoms with E-state index in [1.807, 2.05) is 30.3 Å². The first-order chi connectivity index (χ1) is 19.0. The summed E-state index contributed by atoms with van der Waals surface area (Å²) in [6.07, 6.45) is 8.09. The maximum Gasteiger partial charge on any atom is 0.322 e. The lowest BCUT2D eigenvalue weighted by Crippen LogP contribution is -2.48. The van der Waals surface area contributed by atoms with Crippen molar-refractivity contribution >= 4 is 17.5 Å². The van der Waals surface area contributed by atoms with Crippen molar-refractivity contribution < 1.29 is 9.18 Å². The predicted molar refractivity (Wildman–Crippen MR) is 148 cm³/mol. The number of aromatic nitrogens is 3. The van der Waals surface area contributed by atoms with Gasteiger partial charge < -0.3 is 10.6 Å². The smallest absolute Gasteiger partial charge is 0.322 e. The quantitative estimate of drug-likeness (QED) is 0.327. The molecule has 9 heteroatoms. The number of anilines is 2. The molecule has 2 heterocycles. The number of hydrogen-bond acceptors (Lipinski definition) is 5. The number of rotatable bonds is 7. The van der Waals surface area contributed by atoms with Crippen molar-refractivity contribution in [1.82, 2.24) is 20.1 Å². The molecule has 1 saturated carbocycles. The molecule has 2 aromatic carbocycles. The van der Waals surface area contributed by atoms with Gasteiger partial charge in [-0.2, -0.15) is 10.4 Å². The van der Waals surface area contributed by atoms with Crippen molar-refractivity contribution in [2.24, 2.45) is 7.05 Å². The van der Waals surface area contributed by atoms with E-state index in [0.29, 0.717) is 28.9 Å². The molecule has 0 atom stereocenters. The normalized spacial score (nSPS) is 16.7. The molecule has 1 fully saturated rings. The van der Waals surface area contributed by atoms with E-state index in [-0.39, 0.29) is 18.1 Å². The topological polar surface area (TPSA) is 98.9 Å². The summed E-state index contributed by atoms with van der Waals surface area (Å²) in [6, 6.07) is 20.2. The van der Waals surface area contributed by atoms with E-state index in [2.05, 4.69) is 26.8 Å². The molecule has 0 unspecified atom stereocenters. The van der Waals surface area contributed by atoms with Crippen molar-refractivity contribution in [3.05, 3.63) is 96.2 Å². The van der Waals surface area contributed by atoms with E-state index in [0.717, 1.165) is 37.1 Å². The molecule has 2 aromatic heterocycles. The molecular weight excluding hydrogens is 493 g/mol. The summed E-state index contributed by atoms with van der Waals surface area (Å²) in [7, 11) is 1.79. The van der Waals surface area contributed by atoms with Crippen LogP contribution in [0.1, 0.15) is 36.8 Å². The maximum absolute atomic E-state index is 15.3. The largest absolute Gasteiger partial charge is 0.367 e. The highest BCUT2D eigenvalue weighted by Crippen LogP contribution is 2.32. The van der Waals surface area contributed by atoms with E-state index in [9.17, 15) is 4.79 Å². The van der Waals surface area contributed by atoms with Crippen LogP contribution in [0, 0.1) is 17.1 Å². The highest BCUT2D eigenvalue weighted by atomic mass is 19.1. The number of nitriles is 1. The summed E-state index contributed by atoms with van der Waals surface area (Å²) in [5.41, 5.74) is 3.16. The molecule has 1 aliphatic rings. The SMILES string of the molecule is Cn1cc(-c2ccc(N(C(=O)NCc3ccccc3)[C@H]3CC[C@H](Nc4ccc(C#N)cn4)CC3)cc2F)cn1. The number of carbonyl (C=O) groups excluding carboxylic acids is 1. The maximum atomic E-state index is 15.3. The van der Waals surface area contributed by atoms with E-state index >= 15 is 4.39 Å². The molecule has 39 heavy (non-hydrogen) atoms. The Morgan fingerprint density at radius 2 is 1.90 bits per heavy atom. The van der Waals surface area contributed by atoms with Gasteiger partial charge in [0.1, 0.15) is 17.7 Å². The Bertz CT molecular complexity index is 1450. The molecule has 0 aliphatic heterocycles. The summed E-state index contributed by atoms with van der Waals surface area (Å²) in [4.78, 5) is 19.6. The summed E-state index contributed by atoms with van der Waals surface area (Å²) >= 11 is 0. The van der Waals surface area contributed by atoms with E-state index < -0.39 is 5.82 Å².